The molecule has 0 fully saturated rings. The Morgan fingerprint density at radius 2 is 1.97 bits per heavy atom. The van der Waals surface area contributed by atoms with Crippen LogP contribution in [0.4, 0.5) is 5.82 Å². The van der Waals surface area contributed by atoms with E-state index >= 15 is 0 Å². The van der Waals surface area contributed by atoms with Gasteiger partial charge in [0.25, 0.3) is 5.97 Å². The van der Waals surface area contributed by atoms with Crippen molar-refractivity contribution in [3.05, 3.63) is 24.3 Å². The van der Waals surface area contributed by atoms with Gasteiger partial charge in [0.05, 0.1) is 10.9 Å². The number of aryl methyl sites for hydroxylation is 2. The number of ether oxygens (including phenoxy) is 2. The second-order valence-electron chi connectivity index (χ2n) is 6.69. The van der Waals surface area contributed by atoms with Gasteiger partial charge >= 0.3 is 0 Å². The maximum absolute atomic E-state index is 10.7. The molecule has 0 aromatic carbocycles. The monoisotopic (exact) mass is 461 g/mol. The van der Waals surface area contributed by atoms with Gasteiger partial charge in [0, 0.05) is 32.4 Å². The van der Waals surface area contributed by atoms with Crippen molar-refractivity contribution in [1.82, 2.24) is 29.5 Å². The lowest BCUT2D eigenvalue weighted by molar-refractivity contribution is -0.361. The molecule has 3 N–H and O–H groups in total. The molecule has 4 rings (SSSR count). The van der Waals surface area contributed by atoms with Crippen LogP contribution < -0.4 is 5.73 Å². The molecule has 31 heavy (non-hydrogen) atoms. The van der Waals surface area contributed by atoms with E-state index in [0.29, 0.717) is 41.9 Å². The van der Waals surface area contributed by atoms with Crippen molar-refractivity contribution in [2.45, 2.75) is 49.2 Å². The van der Waals surface area contributed by atoms with E-state index in [4.69, 9.17) is 15.2 Å². The lowest BCUT2D eigenvalue weighted by atomic mass is 10.3. The minimum atomic E-state index is -1.70. The van der Waals surface area contributed by atoms with E-state index < -0.39 is 5.97 Å². The summed E-state index contributed by atoms with van der Waals surface area (Å²) < 4.78 is 14.6. The van der Waals surface area contributed by atoms with Crippen LogP contribution in [-0.4, -0.2) is 53.8 Å². The molecule has 0 bridgehead atoms. The highest BCUT2D eigenvalue weighted by molar-refractivity contribution is 8.01. The fourth-order valence-corrected chi connectivity index (χ4v) is 5.29. The van der Waals surface area contributed by atoms with Crippen LogP contribution in [0, 0.1) is 6.92 Å². The van der Waals surface area contributed by atoms with Crippen LogP contribution in [0.2, 0.25) is 0 Å². The highest BCUT2D eigenvalue weighted by atomic mass is 32.2. The third-order valence-corrected chi connectivity index (χ3v) is 6.81. The first-order valence-electron chi connectivity index (χ1n) is 9.80. The Hall–Kier alpha value is -2.38. The smallest absolute Gasteiger partial charge is 0.282 e. The molecule has 12 heteroatoms. The fourth-order valence-electron chi connectivity index (χ4n) is 3.19. The Balaban J connectivity index is 1.70. The maximum atomic E-state index is 10.7. The Labute approximate surface area is 186 Å². The lowest BCUT2D eigenvalue weighted by Crippen LogP contribution is -2.37. The third-order valence-electron chi connectivity index (χ3n) is 4.55. The number of imidazole rings is 1. The average molecular weight is 462 g/mol. The van der Waals surface area contributed by atoms with Crippen LogP contribution in [0.5, 0.6) is 0 Å². The van der Waals surface area contributed by atoms with E-state index in [1.54, 1.807) is 31.4 Å². The van der Waals surface area contributed by atoms with E-state index in [0.717, 1.165) is 20.1 Å². The zero-order valence-corrected chi connectivity index (χ0v) is 19.0. The van der Waals surface area contributed by atoms with Crippen molar-refractivity contribution in [3.8, 4) is 0 Å². The van der Waals surface area contributed by atoms with E-state index in [2.05, 4.69) is 24.9 Å². The van der Waals surface area contributed by atoms with Crippen LogP contribution in [-0.2, 0) is 16.0 Å². The molecular formula is C19H23N7O3S2. The minimum absolute atomic E-state index is 0.181. The molecule has 4 aromatic rings. The van der Waals surface area contributed by atoms with Crippen molar-refractivity contribution >= 4 is 50.3 Å². The van der Waals surface area contributed by atoms with Gasteiger partial charge in [0.15, 0.2) is 26.5 Å². The molecule has 0 unspecified atom stereocenters. The summed E-state index contributed by atoms with van der Waals surface area (Å²) in [4.78, 5) is 21.9. The van der Waals surface area contributed by atoms with Crippen LogP contribution >= 0.6 is 23.1 Å². The first kappa shape index (κ1) is 21.8. The number of fused-ring (bicyclic) bond motifs is 2. The molecule has 0 radical (unpaired) electrons. The summed E-state index contributed by atoms with van der Waals surface area (Å²) in [5, 5.41) is 11.3. The van der Waals surface area contributed by atoms with Crippen LogP contribution in [0.25, 0.3) is 21.4 Å². The highest BCUT2D eigenvalue weighted by Gasteiger charge is 2.29. The standard InChI is InChI=1S/C19H23N7O3S2/c1-4-28-19(27,29-5-2)6-7-26-16-13(15(20)22-10-23-16)25-17(26)31-18-24-12-9-21-8-11(3)14(12)30-18/h8-10,27H,4-7H2,1-3H3,(H2,20,22,23). The summed E-state index contributed by atoms with van der Waals surface area (Å²) in [6.45, 7) is 6.59. The molecule has 0 saturated heterocycles. The van der Waals surface area contributed by atoms with Crippen molar-refractivity contribution < 1.29 is 14.6 Å². The lowest BCUT2D eigenvalue weighted by Gasteiger charge is -2.27. The van der Waals surface area contributed by atoms with Gasteiger partial charge in [-0.05, 0) is 38.1 Å². The summed E-state index contributed by atoms with van der Waals surface area (Å²) in [7, 11) is 0. The summed E-state index contributed by atoms with van der Waals surface area (Å²) in [6, 6.07) is 0. The SMILES string of the molecule is CCOC(O)(CCn1c(Sc2nc3cncc(C)c3s2)nc2c(N)ncnc21)OCC. The van der Waals surface area contributed by atoms with Crippen molar-refractivity contribution in [2.24, 2.45) is 0 Å². The molecule has 0 aliphatic carbocycles. The van der Waals surface area contributed by atoms with E-state index in [-0.39, 0.29) is 6.42 Å². The number of nitrogens with zero attached hydrogens (tertiary/aromatic N) is 6. The Morgan fingerprint density at radius 1 is 1.19 bits per heavy atom. The van der Waals surface area contributed by atoms with E-state index in [9.17, 15) is 5.11 Å². The Kier molecular flexibility index (Phi) is 6.34. The molecule has 0 atom stereocenters. The number of thiazole rings is 1. The molecule has 0 spiro atoms. The van der Waals surface area contributed by atoms with Crippen molar-refractivity contribution in [3.63, 3.8) is 0 Å². The van der Waals surface area contributed by atoms with Gasteiger partial charge in [-0.1, -0.05) is 0 Å². The quantitative estimate of drug-likeness (QED) is 0.358. The number of nitrogens with two attached hydrogens (primary N) is 1. The number of aliphatic hydroxyl groups is 1. The minimum Gasteiger partial charge on any atom is -0.382 e. The summed E-state index contributed by atoms with van der Waals surface area (Å²) in [5.41, 5.74) is 9.02. The molecule has 0 saturated carbocycles. The molecule has 164 valence electrons. The summed E-state index contributed by atoms with van der Waals surface area (Å²) >= 11 is 2.98. The normalized spacial score (nSPS) is 12.3. The first-order valence-corrected chi connectivity index (χ1v) is 11.4. The van der Waals surface area contributed by atoms with Crippen LogP contribution in [0.1, 0.15) is 25.8 Å². The van der Waals surface area contributed by atoms with Crippen LogP contribution in [0.15, 0.2) is 28.2 Å². The number of hydrogen-bond donors (Lipinski definition) is 2. The van der Waals surface area contributed by atoms with Crippen molar-refractivity contribution in [1.29, 1.82) is 0 Å². The second-order valence-corrected chi connectivity index (χ2v) is 8.91. The van der Waals surface area contributed by atoms with Gasteiger partial charge in [-0.3, -0.25) is 4.98 Å². The summed E-state index contributed by atoms with van der Waals surface area (Å²) in [5.74, 6) is -1.40. The fraction of sp³-hybridized carbons (Fsp3) is 0.421. The average Bonchev–Trinajstić information content (AvgIpc) is 3.30. The molecule has 0 aliphatic heterocycles. The van der Waals surface area contributed by atoms with Crippen LogP contribution in [0.3, 0.4) is 0 Å². The predicted octanol–water partition coefficient (Wildman–Crippen LogP) is 2.98. The third kappa shape index (κ3) is 4.48. The number of anilines is 1. The molecular weight excluding hydrogens is 438 g/mol. The largest absolute Gasteiger partial charge is 0.382 e. The van der Waals surface area contributed by atoms with Crippen molar-refractivity contribution in [2.75, 3.05) is 18.9 Å². The van der Waals surface area contributed by atoms with E-state index in [1.807, 2.05) is 17.7 Å². The Bertz CT molecular complexity index is 1200. The van der Waals surface area contributed by atoms with Gasteiger partial charge in [-0.15, -0.1) is 11.3 Å². The molecule has 10 nitrogen and oxygen atoms in total. The van der Waals surface area contributed by atoms with Gasteiger partial charge in [0.1, 0.15) is 11.8 Å². The topological polar surface area (TPSA) is 134 Å². The second kappa shape index (κ2) is 9.01. The number of rotatable bonds is 9. The number of pyridine rings is 1. The van der Waals surface area contributed by atoms with Gasteiger partial charge < -0.3 is 24.9 Å². The summed E-state index contributed by atoms with van der Waals surface area (Å²) in [6.07, 6.45) is 5.15. The van der Waals surface area contributed by atoms with Gasteiger partial charge in [-0.25, -0.2) is 19.9 Å². The predicted molar refractivity (Wildman–Crippen MR) is 119 cm³/mol. The molecule has 4 heterocycles. The van der Waals surface area contributed by atoms with Gasteiger partial charge in [0.2, 0.25) is 0 Å². The zero-order chi connectivity index (χ0) is 22.0. The number of hydrogen-bond acceptors (Lipinski definition) is 11. The number of nitrogen functional groups attached to an aromatic ring is 1. The van der Waals surface area contributed by atoms with E-state index in [1.165, 1.54) is 18.1 Å². The highest BCUT2D eigenvalue weighted by Crippen LogP contribution is 2.36. The number of aromatic nitrogens is 6. The molecule has 4 aromatic heterocycles. The zero-order valence-electron chi connectivity index (χ0n) is 17.4. The molecule has 0 aliphatic rings. The first-order chi connectivity index (χ1) is 14.9. The molecule has 0 amide bonds. The maximum Gasteiger partial charge on any atom is 0.282 e. The Morgan fingerprint density at radius 3 is 2.68 bits per heavy atom. The van der Waals surface area contributed by atoms with Gasteiger partial charge in [-0.2, -0.15) is 0 Å².